The van der Waals surface area contributed by atoms with E-state index in [1.807, 2.05) is 73.8 Å². The van der Waals surface area contributed by atoms with Crippen LogP contribution in [0.3, 0.4) is 0 Å². The lowest BCUT2D eigenvalue weighted by molar-refractivity contribution is -0.136. The number of carbonyl (C=O) groups excluding carboxylic acids is 2. The third-order valence-electron chi connectivity index (χ3n) is 4.81. The summed E-state index contributed by atoms with van der Waals surface area (Å²) in [6, 6.07) is 26.1. The van der Waals surface area contributed by atoms with E-state index in [2.05, 4.69) is 20.9 Å². The summed E-state index contributed by atoms with van der Waals surface area (Å²) >= 11 is 0. The van der Waals surface area contributed by atoms with Gasteiger partial charge in [0, 0.05) is 23.0 Å². The van der Waals surface area contributed by atoms with E-state index >= 15 is 0 Å². The minimum atomic E-state index is -0.887. The molecule has 0 unspecified atom stereocenters. The maximum atomic E-state index is 12.2. The fourth-order valence-corrected chi connectivity index (χ4v) is 3.22. The van der Waals surface area contributed by atoms with Crippen LogP contribution in [0.2, 0.25) is 0 Å². The van der Waals surface area contributed by atoms with Crippen LogP contribution in [0.4, 0.5) is 5.69 Å². The van der Waals surface area contributed by atoms with Crippen LogP contribution in [0.25, 0.3) is 16.9 Å². The first kappa shape index (κ1) is 22.5. The Balaban J connectivity index is 1.46. The number of hydrazone groups is 1. The summed E-state index contributed by atoms with van der Waals surface area (Å²) in [5, 5.41) is 11.2. The van der Waals surface area contributed by atoms with Gasteiger partial charge < -0.3 is 10.1 Å². The first-order chi connectivity index (χ1) is 16.6. The molecule has 0 bridgehead atoms. The molecule has 3 aromatic carbocycles. The highest BCUT2D eigenvalue weighted by molar-refractivity contribution is 6.39. The van der Waals surface area contributed by atoms with Crippen LogP contribution in [0.5, 0.6) is 5.75 Å². The second kappa shape index (κ2) is 10.7. The van der Waals surface area contributed by atoms with E-state index < -0.39 is 11.8 Å². The van der Waals surface area contributed by atoms with Gasteiger partial charge in [-0.25, -0.2) is 10.1 Å². The zero-order chi connectivity index (χ0) is 23.8. The van der Waals surface area contributed by atoms with Crippen molar-refractivity contribution in [2.24, 2.45) is 5.10 Å². The molecule has 1 heterocycles. The van der Waals surface area contributed by atoms with Crippen molar-refractivity contribution in [1.82, 2.24) is 15.2 Å². The number of para-hydroxylation sites is 1. The van der Waals surface area contributed by atoms with Crippen molar-refractivity contribution in [2.75, 3.05) is 11.9 Å². The van der Waals surface area contributed by atoms with Crippen LogP contribution in [0.1, 0.15) is 12.5 Å². The number of anilines is 1. The Labute approximate surface area is 196 Å². The quantitative estimate of drug-likeness (QED) is 0.251. The minimum absolute atomic E-state index is 0.475. The number of aromatic nitrogens is 2. The van der Waals surface area contributed by atoms with Crippen LogP contribution < -0.4 is 15.5 Å². The lowest BCUT2D eigenvalue weighted by atomic mass is 10.1. The van der Waals surface area contributed by atoms with Gasteiger partial charge in [0.1, 0.15) is 11.4 Å². The van der Waals surface area contributed by atoms with Gasteiger partial charge in [-0.3, -0.25) is 9.59 Å². The van der Waals surface area contributed by atoms with Crippen molar-refractivity contribution in [3.8, 4) is 22.7 Å². The lowest BCUT2D eigenvalue weighted by Crippen LogP contribution is -2.32. The van der Waals surface area contributed by atoms with Gasteiger partial charge in [0.25, 0.3) is 0 Å². The number of hydrogen-bond acceptors (Lipinski definition) is 5. The Bertz CT molecular complexity index is 1280. The normalized spacial score (nSPS) is 10.7. The molecule has 170 valence electrons. The highest BCUT2D eigenvalue weighted by Gasteiger charge is 2.14. The molecule has 0 atom stereocenters. The molecule has 34 heavy (non-hydrogen) atoms. The Morgan fingerprint density at radius 2 is 1.62 bits per heavy atom. The molecule has 8 nitrogen and oxygen atoms in total. The highest BCUT2D eigenvalue weighted by Crippen LogP contribution is 2.22. The summed E-state index contributed by atoms with van der Waals surface area (Å²) in [5.74, 6) is -1.04. The molecule has 4 rings (SSSR count). The van der Waals surface area contributed by atoms with Crippen LogP contribution in [0.15, 0.2) is 96.2 Å². The molecule has 0 aliphatic heterocycles. The maximum absolute atomic E-state index is 12.2. The van der Waals surface area contributed by atoms with Crippen molar-refractivity contribution in [3.05, 3.63) is 96.7 Å². The van der Waals surface area contributed by atoms with Gasteiger partial charge in [-0.1, -0.05) is 48.5 Å². The first-order valence-corrected chi connectivity index (χ1v) is 10.7. The van der Waals surface area contributed by atoms with Crippen molar-refractivity contribution >= 4 is 23.7 Å². The van der Waals surface area contributed by atoms with Crippen molar-refractivity contribution in [1.29, 1.82) is 0 Å². The fourth-order valence-electron chi connectivity index (χ4n) is 3.22. The molecule has 0 spiro atoms. The van der Waals surface area contributed by atoms with Crippen molar-refractivity contribution in [2.45, 2.75) is 6.92 Å². The van der Waals surface area contributed by atoms with E-state index in [-0.39, 0.29) is 0 Å². The van der Waals surface area contributed by atoms with Gasteiger partial charge in [-0.2, -0.15) is 10.2 Å². The number of hydrogen-bond donors (Lipinski definition) is 2. The number of benzene rings is 3. The molecule has 0 saturated heterocycles. The van der Waals surface area contributed by atoms with E-state index in [9.17, 15) is 9.59 Å². The molecule has 2 N–H and O–H groups in total. The summed E-state index contributed by atoms with van der Waals surface area (Å²) in [6.45, 7) is 2.43. The summed E-state index contributed by atoms with van der Waals surface area (Å²) in [4.78, 5) is 24.4. The average Bonchev–Trinajstić information content (AvgIpc) is 3.30. The first-order valence-electron chi connectivity index (χ1n) is 10.7. The fraction of sp³-hybridized carbons (Fsp3) is 0.0769. The summed E-state index contributed by atoms with van der Waals surface area (Å²) in [7, 11) is 0. The molecule has 1 aromatic heterocycles. The Morgan fingerprint density at radius 1 is 0.941 bits per heavy atom. The van der Waals surface area contributed by atoms with Crippen LogP contribution in [-0.2, 0) is 9.59 Å². The molecular formula is C26H23N5O3. The lowest BCUT2D eigenvalue weighted by Gasteiger charge is -2.06. The highest BCUT2D eigenvalue weighted by atomic mass is 16.5. The third-order valence-corrected chi connectivity index (χ3v) is 4.81. The zero-order valence-electron chi connectivity index (χ0n) is 18.5. The molecule has 0 aliphatic carbocycles. The van der Waals surface area contributed by atoms with E-state index in [0.29, 0.717) is 29.3 Å². The summed E-state index contributed by atoms with van der Waals surface area (Å²) in [6.07, 6.45) is 3.28. The molecule has 2 amide bonds. The number of nitrogens with one attached hydrogen (secondary N) is 2. The molecular weight excluding hydrogens is 430 g/mol. The summed E-state index contributed by atoms with van der Waals surface area (Å²) < 4.78 is 7.10. The standard InChI is InChI=1S/C26H23N5O3/c1-2-34-23-15-13-21(14-16-23)28-25(32)26(33)29-27-17-20-18-31(22-11-7-4-8-12-22)30-24(20)19-9-5-3-6-10-19/h3-18H,2H2,1H3,(H,28,32)(H,29,33). The van der Waals surface area contributed by atoms with Gasteiger partial charge in [-0.15, -0.1) is 0 Å². The molecule has 0 radical (unpaired) electrons. The SMILES string of the molecule is CCOc1ccc(NC(=O)C(=O)NN=Cc2cn(-c3ccccc3)nc2-c2ccccc2)cc1. The van der Waals surface area contributed by atoms with E-state index in [4.69, 9.17) is 4.74 Å². The smallest absolute Gasteiger partial charge is 0.329 e. The van der Waals surface area contributed by atoms with Gasteiger partial charge in [0.2, 0.25) is 0 Å². The number of amides is 2. The van der Waals surface area contributed by atoms with Gasteiger partial charge in [0.05, 0.1) is 18.5 Å². The van der Waals surface area contributed by atoms with E-state index in [1.165, 1.54) is 6.21 Å². The van der Waals surface area contributed by atoms with Crippen molar-refractivity contribution < 1.29 is 14.3 Å². The number of ether oxygens (including phenoxy) is 1. The monoisotopic (exact) mass is 453 g/mol. The number of carbonyl (C=O) groups is 2. The second-order valence-corrected chi connectivity index (χ2v) is 7.19. The second-order valence-electron chi connectivity index (χ2n) is 7.19. The molecule has 0 aliphatic rings. The Morgan fingerprint density at radius 3 is 2.29 bits per heavy atom. The zero-order valence-corrected chi connectivity index (χ0v) is 18.5. The maximum Gasteiger partial charge on any atom is 0.329 e. The number of rotatable bonds is 7. The van der Waals surface area contributed by atoms with Gasteiger partial charge in [-0.05, 0) is 43.3 Å². The van der Waals surface area contributed by atoms with E-state index in [0.717, 1.165) is 11.3 Å². The largest absolute Gasteiger partial charge is 0.494 e. The molecule has 0 fully saturated rings. The van der Waals surface area contributed by atoms with Crippen LogP contribution >= 0.6 is 0 Å². The Kier molecular flexibility index (Phi) is 7.09. The third kappa shape index (κ3) is 5.55. The van der Waals surface area contributed by atoms with Crippen LogP contribution in [0, 0.1) is 0 Å². The van der Waals surface area contributed by atoms with Crippen LogP contribution in [-0.4, -0.2) is 34.4 Å². The number of nitrogens with zero attached hydrogens (tertiary/aromatic N) is 3. The predicted molar refractivity (Wildman–Crippen MR) is 131 cm³/mol. The van der Waals surface area contributed by atoms with Crippen molar-refractivity contribution in [3.63, 3.8) is 0 Å². The Hall–Kier alpha value is -4.72. The predicted octanol–water partition coefficient (Wildman–Crippen LogP) is 4.03. The molecule has 0 saturated carbocycles. The van der Waals surface area contributed by atoms with Gasteiger partial charge in [0.15, 0.2) is 0 Å². The average molecular weight is 454 g/mol. The molecule has 8 heteroatoms. The minimum Gasteiger partial charge on any atom is -0.494 e. The molecule has 4 aromatic rings. The van der Waals surface area contributed by atoms with E-state index in [1.54, 1.807) is 28.9 Å². The van der Waals surface area contributed by atoms with Gasteiger partial charge >= 0.3 is 11.8 Å². The summed E-state index contributed by atoms with van der Waals surface area (Å²) in [5.41, 5.74) is 5.91. The topological polar surface area (TPSA) is 97.6 Å².